The second kappa shape index (κ2) is 33.6. The number of nitrogens with two attached hydrogens (primary N) is 1. The van der Waals surface area contributed by atoms with Crippen LogP contribution in [0.3, 0.4) is 0 Å². The van der Waals surface area contributed by atoms with Gasteiger partial charge in [0.2, 0.25) is 0 Å². The van der Waals surface area contributed by atoms with E-state index in [1.54, 1.807) is 6.07 Å². The third-order valence-electron chi connectivity index (χ3n) is 11.1. The number of phenolic OH excluding ortho intramolecular Hbond substituents is 1. The zero-order valence-electron chi connectivity index (χ0n) is 34.2. The van der Waals surface area contributed by atoms with Gasteiger partial charge in [0, 0.05) is 29.5 Å². The number of fused-ring (bicyclic) bond motifs is 1. The van der Waals surface area contributed by atoms with E-state index >= 15 is 0 Å². The SMILES string of the molecule is CCCCCCCCCCCCCCCCCCN(CCCCCCCCCCCCCCCCCC)C(=O)c1cc(N)c2ccccc2c1O.Cl. The van der Waals surface area contributed by atoms with Gasteiger partial charge in [-0.3, -0.25) is 4.79 Å². The van der Waals surface area contributed by atoms with Crippen LogP contribution in [-0.2, 0) is 0 Å². The Morgan fingerprint density at radius 2 is 0.788 bits per heavy atom. The fourth-order valence-corrected chi connectivity index (χ4v) is 7.74. The van der Waals surface area contributed by atoms with Crippen molar-refractivity contribution >= 4 is 34.8 Å². The van der Waals surface area contributed by atoms with E-state index in [1.807, 2.05) is 29.2 Å². The van der Waals surface area contributed by atoms with Gasteiger partial charge in [-0.05, 0) is 18.9 Å². The monoisotopic (exact) mass is 743 g/mol. The number of aromatic hydroxyl groups is 1. The summed E-state index contributed by atoms with van der Waals surface area (Å²) in [5.41, 5.74) is 7.26. The number of rotatable bonds is 35. The minimum atomic E-state index is -0.0770. The molecule has 3 N–H and O–H groups in total. The smallest absolute Gasteiger partial charge is 0.257 e. The van der Waals surface area contributed by atoms with Crippen LogP contribution in [0.15, 0.2) is 30.3 Å². The zero-order chi connectivity index (χ0) is 36.6. The van der Waals surface area contributed by atoms with Crippen LogP contribution < -0.4 is 5.73 Å². The second-order valence-electron chi connectivity index (χ2n) is 15.8. The molecule has 0 aliphatic rings. The van der Waals surface area contributed by atoms with E-state index in [1.165, 1.54) is 180 Å². The Morgan fingerprint density at radius 1 is 0.500 bits per heavy atom. The Bertz CT molecular complexity index is 1090. The van der Waals surface area contributed by atoms with Crippen LogP contribution in [0.1, 0.15) is 230 Å². The van der Waals surface area contributed by atoms with Gasteiger partial charge in [0.05, 0.1) is 5.56 Å². The predicted molar refractivity (Wildman–Crippen MR) is 232 cm³/mol. The van der Waals surface area contributed by atoms with E-state index in [9.17, 15) is 9.90 Å². The van der Waals surface area contributed by atoms with Gasteiger partial charge in [0.1, 0.15) is 5.75 Å². The first-order valence-electron chi connectivity index (χ1n) is 22.4. The van der Waals surface area contributed by atoms with Crippen LogP contribution in [-0.4, -0.2) is 29.0 Å². The van der Waals surface area contributed by atoms with E-state index in [2.05, 4.69) is 13.8 Å². The van der Waals surface area contributed by atoms with Crippen molar-refractivity contribution in [3.63, 3.8) is 0 Å². The van der Waals surface area contributed by atoms with Crippen molar-refractivity contribution in [3.05, 3.63) is 35.9 Å². The normalized spacial score (nSPS) is 11.3. The predicted octanol–water partition coefficient (Wildman–Crippen LogP) is 15.5. The third kappa shape index (κ3) is 22.3. The quantitative estimate of drug-likeness (QED) is 0.0420. The number of hydrogen-bond acceptors (Lipinski definition) is 3. The van der Waals surface area contributed by atoms with Crippen LogP contribution in [0, 0.1) is 0 Å². The van der Waals surface area contributed by atoms with Gasteiger partial charge in [-0.15, -0.1) is 12.4 Å². The number of nitrogens with zero attached hydrogens (tertiary/aromatic N) is 1. The Hall–Kier alpha value is -1.94. The van der Waals surface area contributed by atoms with Gasteiger partial charge in [-0.1, -0.05) is 231 Å². The van der Waals surface area contributed by atoms with Crippen LogP contribution in [0.5, 0.6) is 5.75 Å². The summed E-state index contributed by atoms with van der Waals surface area (Å²) in [7, 11) is 0. The van der Waals surface area contributed by atoms with Gasteiger partial charge in [-0.2, -0.15) is 0 Å². The van der Waals surface area contributed by atoms with E-state index in [-0.39, 0.29) is 24.1 Å². The molecule has 0 heterocycles. The molecule has 5 heteroatoms. The average molecular weight is 744 g/mol. The maximum Gasteiger partial charge on any atom is 0.257 e. The molecule has 2 aromatic carbocycles. The molecule has 0 saturated heterocycles. The molecule has 1 amide bonds. The number of unbranched alkanes of at least 4 members (excludes halogenated alkanes) is 30. The van der Waals surface area contributed by atoms with Gasteiger partial charge < -0.3 is 15.7 Å². The highest BCUT2D eigenvalue weighted by atomic mass is 35.5. The van der Waals surface area contributed by atoms with E-state index < -0.39 is 0 Å². The number of carbonyl (C=O) groups excluding carboxylic acids is 1. The van der Waals surface area contributed by atoms with Crippen molar-refractivity contribution in [1.29, 1.82) is 0 Å². The number of anilines is 1. The number of phenols is 1. The van der Waals surface area contributed by atoms with Crippen molar-refractivity contribution in [2.24, 2.45) is 0 Å². The molecule has 0 unspecified atom stereocenters. The largest absolute Gasteiger partial charge is 0.506 e. The summed E-state index contributed by atoms with van der Waals surface area (Å²) in [5, 5.41) is 12.6. The second-order valence-corrected chi connectivity index (χ2v) is 15.8. The molecule has 0 bridgehead atoms. The van der Waals surface area contributed by atoms with E-state index in [0.717, 1.165) is 44.2 Å². The Morgan fingerprint density at radius 3 is 1.12 bits per heavy atom. The third-order valence-corrected chi connectivity index (χ3v) is 11.1. The molecule has 0 fully saturated rings. The number of nitrogen functional groups attached to an aromatic ring is 1. The standard InChI is InChI=1S/C47H82N2O2.ClH/c1-3-5-7-9-11-13-15-17-19-21-23-25-27-29-31-35-39-49(47(51)44-41-45(48)42-37-33-34-38-43(42)46(44)50)40-36-32-30-28-26-24-22-20-18-16-14-12-10-8-6-4-2;/h33-34,37-38,41,50H,3-32,35-36,39-40,48H2,1-2H3;1H. The molecular weight excluding hydrogens is 660 g/mol. The average Bonchev–Trinajstić information content (AvgIpc) is 3.14. The lowest BCUT2D eigenvalue weighted by molar-refractivity contribution is 0.0746. The van der Waals surface area contributed by atoms with Gasteiger partial charge in [0.25, 0.3) is 5.91 Å². The highest BCUT2D eigenvalue weighted by molar-refractivity contribution is 6.07. The van der Waals surface area contributed by atoms with Crippen LogP contribution in [0.25, 0.3) is 10.8 Å². The Labute approximate surface area is 328 Å². The minimum absolute atomic E-state index is 0. The van der Waals surface area contributed by atoms with E-state index in [0.29, 0.717) is 16.6 Å². The lowest BCUT2D eigenvalue weighted by atomic mass is 10.0. The maximum absolute atomic E-state index is 13.9. The fraction of sp³-hybridized carbons (Fsp3) is 0.766. The van der Waals surface area contributed by atoms with Crippen LogP contribution in [0.4, 0.5) is 5.69 Å². The van der Waals surface area contributed by atoms with Crippen molar-refractivity contribution < 1.29 is 9.90 Å². The molecule has 4 nitrogen and oxygen atoms in total. The Kier molecular flexibility index (Phi) is 31.1. The van der Waals surface area contributed by atoms with Gasteiger partial charge in [-0.25, -0.2) is 0 Å². The number of amides is 1. The highest BCUT2D eigenvalue weighted by Gasteiger charge is 2.21. The number of carbonyl (C=O) groups is 1. The fourth-order valence-electron chi connectivity index (χ4n) is 7.74. The summed E-state index contributed by atoms with van der Waals surface area (Å²) < 4.78 is 0. The molecule has 300 valence electrons. The molecule has 0 aliphatic carbocycles. The molecule has 0 spiro atoms. The van der Waals surface area contributed by atoms with Crippen LogP contribution >= 0.6 is 12.4 Å². The maximum atomic E-state index is 13.9. The van der Waals surface area contributed by atoms with E-state index in [4.69, 9.17) is 5.73 Å². The minimum Gasteiger partial charge on any atom is -0.506 e. The summed E-state index contributed by atoms with van der Waals surface area (Å²) in [6.07, 6.45) is 43.0. The van der Waals surface area contributed by atoms with Crippen molar-refractivity contribution in [2.75, 3.05) is 18.8 Å². The first-order chi connectivity index (χ1) is 25.1. The summed E-state index contributed by atoms with van der Waals surface area (Å²) in [6, 6.07) is 9.26. The molecule has 52 heavy (non-hydrogen) atoms. The number of hydrogen-bond donors (Lipinski definition) is 2. The van der Waals surface area contributed by atoms with Crippen molar-refractivity contribution in [1.82, 2.24) is 4.90 Å². The summed E-state index contributed by atoms with van der Waals surface area (Å²) >= 11 is 0. The lowest BCUT2D eigenvalue weighted by Crippen LogP contribution is -2.33. The van der Waals surface area contributed by atoms with Crippen LogP contribution in [0.2, 0.25) is 0 Å². The van der Waals surface area contributed by atoms with Gasteiger partial charge >= 0.3 is 0 Å². The molecule has 2 rings (SSSR count). The summed E-state index contributed by atoms with van der Waals surface area (Å²) in [4.78, 5) is 15.9. The summed E-state index contributed by atoms with van der Waals surface area (Å²) in [5.74, 6) is -0.0133. The molecular formula is C47H83ClN2O2. The van der Waals surface area contributed by atoms with Crippen molar-refractivity contribution in [3.8, 4) is 5.75 Å². The Balaban J connectivity index is 0.0000135. The van der Waals surface area contributed by atoms with Gasteiger partial charge in [0.15, 0.2) is 0 Å². The topological polar surface area (TPSA) is 66.6 Å². The highest BCUT2D eigenvalue weighted by Crippen LogP contribution is 2.34. The molecule has 2 aromatic rings. The van der Waals surface area contributed by atoms with Crippen molar-refractivity contribution in [2.45, 2.75) is 219 Å². The molecule has 0 saturated carbocycles. The zero-order valence-corrected chi connectivity index (χ0v) is 35.0. The molecule has 0 aromatic heterocycles. The first-order valence-corrected chi connectivity index (χ1v) is 22.4. The first kappa shape index (κ1) is 48.1. The lowest BCUT2D eigenvalue weighted by Gasteiger charge is -2.24. The molecule has 0 aliphatic heterocycles. The summed E-state index contributed by atoms with van der Waals surface area (Å²) in [6.45, 7) is 6.08. The molecule has 0 radical (unpaired) electrons. The number of benzene rings is 2. The molecule has 0 atom stereocenters. The number of halogens is 1.